The van der Waals surface area contributed by atoms with Crippen LogP contribution in [-0.4, -0.2) is 42.1 Å². The van der Waals surface area contributed by atoms with Crippen LogP contribution in [0.3, 0.4) is 0 Å². The maximum absolute atomic E-state index is 13.4. The molecule has 162 valence electrons. The van der Waals surface area contributed by atoms with E-state index in [0.717, 1.165) is 12.1 Å². The van der Waals surface area contributed by atoms with Crippen LogP contribution in [0.1, 0.15) is 21.5 Å². The van der Waals surface area contributed by atoms with E-state index in [1.54, 1.807) is 0 Å². The van der Waals surface area contributed by atoms with Gasteiger partial charge in [0.2, 0.25) is 0 Å². The van der Waals surface area contributed by atoms with Gasteiger partial charge in [-0.15, -0.1) is 0 Å². The van der Waals surface area contributed by atoms with E-state index >= 15 is 0 Å². The Hall–Kier alpha value is -3.63. The highest BCUT2D eigenvalue weighted by atomic mass is 19.4. The largest absolute Gasteiger partial charge is 0.484 e. The van der Waals surface area contributed by atoms with Crippen molar-refractivity contribution in [1.82, 2.24) is 15.5 Å². The van der Waals surface area contributed by atoms with Crippen molar-refractivity contribution in [2.45, 2.75) is 18.3 Å². The van der Waals surface area contributed by atoms with E-state index in [2.05, 4.69) is 10.6 Å². The third-order valence-corrected chi connectivity index (χ3v) is 5.07. The number of nitrogens with one attached hydrogen (secondary N) is 2. The summed E-state index contributed by atoms with van der Waals surface area (Å²) in [5.41, 5.74) is -0.699. The number of ether oxygens (including phenoxy) is 1. The first kappa shape index (κ1) is 20.6. The zero-order chi connectivity index (χ0) is 22.4. The number of amides is 4. The van der Waals surface area contributed by atoms with Gasteiger partial charge in [-0.1, -0.05) is 18.2 Å². The topological polar surface area (TPSA) is 87.7 Å². The van der Waals surface area contributed by atoms with Gasteiger partial charge in [-0.2, -0.15) is 13.2 Å². The van der Waals surface area contributed by atoms with Gasteiger partial charge in [0.05, 0.1) is 6.54 Å². The van der Waals surface area contributed by atoms with Gasteiger partial charge in [0.15, 0.2) is 12.1 Å². The molecule has 0 radical (unpaired) electrons. The minimum absolute atomic E-state index is 0.0693. The first-order valence-corrected chi connectivity index (χ1v) is 9.09. The summed E-state index contributed by atoms with van der Waals surface area (Å²) in [6.45, 7) is -1.69. The number of rotatable bonds is 5. The van der Waals surface area contributed by atoms with E-state index in [1.807, 2.05) is 0 Å². The van der Waals surface area contributed by atoms with Gasteiger partial charge in [-0.25, -0.2) is 9.18 Å². The molecular weight excluding hydrogens is 422 g/mol. The Bertz CT molecular complexity index is 1070. The number of fused-ring (bicyclic) bond motifs is 1. The van der Waals surface area contributed by atoms with Crippen LogP contribution in [0.2, 0.25) is 0 Å². The molecule has 0 bridgehead atoms. The monoisotopic (exact) mass is 437 g/mol. The summed E-state index contributed by atoms with van der Waals surface area (Å²) in [6.07, 6.45) is -4.52. The molecule has 1 fully saturated rings. The first-order valence-electron chi connectivity index (χ1n) is 9.09. The predicted molar refractivity (Wildman–Crippen MR) is 97.5 cm³/mol. The third kappa shape index (κ3) is 3.90. The van der Waals surface area contributed by atoms with Crippen molar-refractivity contribution >= 4 is 17.8 Å². The van der Waals surface area contributed by atoms with Gasteiger partial charge < -0.3 is 15.0 Å². The zero-order valence-corrected chi connectivity index (χ0v) is 15.8. The van der Waals surface area contributed by atoms with Crippen LogP contribution in [0.25, 0.3) is 0 Å². The van der Waals surface area contributed by atoms with E-state index < -0.39 is 42.0 Å². The fourth-order valence-corrected chi connectivity index (χ4v) is 3.64. The number of urea groups is 1. The van der Waals surface area contributed by atoms with Crippen molar-refractivity contribution in [2.75, 3.05) is 13.2 Å². The fourth-order valence-electron chi connectivity index (χ4n) is 3.64. The highest BCUT2D eigenvalue weighted by Crippen LogP contribution is 2.33. The number of nitrogens with zero attached hydrogens (tertiary/aromatic N) is 1. The lowest BCUT2D eigenvalue weighted by molar-refractivity contribution is -0.153. The molecule has 2 aromatic rings. The number of hydrogen-bond donors (Lipinski definition) is 2. The minimum atomic E-state index is -4.52. The van der Waals surface area contributed by atoms with Gasteiger partial charge in [-0.05, 0) is 35.4 Å². The van der Waals surface area contributed by atoms with Crippen molar-refractivity contribution in [1.29, 1.82) is 0 Å². The quantitative estimate of drug-likeness (QED) is 0.556. The van der Waals surface area contributed by atoms with Crippen LogP contribution >= 0.6 is 0 Å². The molecular formula is C20H15F4N3O4. The summed E-state index contributed by atoms with van der Waals surface area (Å²) < 4.78 is 55.2. The van der Waals surface area contributed by atoms with Crippen molar-refractivity contribution in [2.24, 2.45) is 0 Å². The molecule has 0 unspecified atom stereocenters. The summed E-state index contributed by atoms with van der Waals surface area (Å²) in [5, 5.41) is 4.63. The summed E-state index contributed by atoms with van der Waals surface area (Å²) in [6, 6.07) is 8.15. The van der Waals surface area contributed by atoms with Crippen LogP contribution in [0.15, 0.2) is 42.5 Å². The number of carbonyl (C=O) groups is 3. The number of carbonyl (C=O) groups excluding carboxylic acids is 3. The number of hydrogen-bond acceptors (Lipinski definition) is 4. The van der Waals surface area contributed by atoms with E-state index in [4.69, 9.17) is 4.74 Å². The lowest BCUT2D eigenvalue weighted by Crippen LogP contribution is -2.52. The maximum Gasteiger partial charge on any atom is 0.422 e. The van der Waals surface area contributed by atoms with Crippen LogP contribution in [0.5, 0.6) is 5.75 Å². The average Bonchev–Trinajstić information content (AvgIpc) is 3.16. The predicted octanol–water partition coefficient (Wildman–Crippen LogP) is 2.46. The van der Waals surface area contributed by atoms with Crippen LogP contribution in [-0.2, 0) is 16.9 Å². The SMILES string of the molecule is O=C1NC(=O)[C@](CN2Cc3ccc(OCC(F)(F)F)cc3C2=O)(c2ccc(F)cc2)N1. The number of alkyl halides is 3. The van der Waals surface area contributed by atoms with Crippen molar-refractivity contribution in [3.63, 3.8) is 0 Å². The minimum Gasteiger partial charge on any atom is -0.484 e. The molecule has 4 rings (SSSR count). The van der Waals surface area contributed by atoms with E-state index in [0.29, 0.717) is 5.56 Å². The van der Waals surface area contributed by atoms with Gasteiger partial charge in [0.25, 0.3) is 11.8 Å². The first-order chi connectivity index (χ1) is 14.6. The maximum atomic E-state index is 13.4. The molecule has 4 amide bonds. The molecule has 2 aliphatic heterocycles. The second-order valence-electron chi connectivity index (χ2n) is 7.20. The molecule has 7 nitrogen and oxygen atoms in total. The highest BCUT2D eigenvalue weighted by molar-refractivity contribution is 6.08. The third-order valence-electron chi connectivity index (χ3n) is 5.07. The zero-order valence-electron chi connectivity index (χ0n) is 15.8. The summed E-state index contributed by atoms with van der Waals surface area (Å²) in [4.78, 5) is 38.7. The Kier molecular flexibility index (Phi) is 4.83. The fraction of sp³-hybridized carbons (Fsp3) is 0.250. The molecule has 2 N–H and O–H groups in total. The van der Waals surface area contributed by atoms with Gasteiger partial charge in [-0.3, -0.25) is 14.9 Å². The van der Waals surface area contributed by atoms with Gasteiger partial charge in [0, 0.05) is 12.1 Å². The van der Waals surface area contributed by atoms with Gasteiger partial charge >= 0.3 is 12.2 Å². The molecule has 0 aromatic heterocycles. The molecule has 2 heterocycles. The molecule has 0 aliphatic carbocycles. The summed E-state index contributed by atoms with van der Waals surface area (Å²) in [7, 11) is 0. The summed E-state index contributed by atoms with van der Waals surface area (Å²) >= 11 is 0. The molecule has 11 heteroatoms. The molecule has 31 heavy (non-hydrogen) atoms. The summed E-state index contributed by atoms with van der Waals surface area (Å²) in [5.74, 6) is -1.91. The second-order valence-corrected chi connectivity index (χ2v) is 7.20. The highest BCUT2D eigenvalue weighted by Gasteiger charge is 2.50. The Morgan fingerprint density at radius 2 is 1.77 bits per heavy atom. The normalized spacial score (nSPS) is 20.5. The molecule has 0 saturated carbocycles. The Balaban J connectivity index is 1.60. The Morgan fingerprint density at radius 3 is 2.39 bits per heavy atom. The van der Waals surface area contributed by atoms with Crippen LogP contribution in [0.4, 0.5) is 22.4 Å². The molecule has 0 spiro atoms. The lowest BCUT2D eigenvalue weighted by atomic mass is 9.89. The lowest BCUT2D eigenvalue weighted by Gasteiger charge is -2.31. The smallest absolute Gasteiger partial charge is 0.422 e. The number of halogens is 4. The Labute approximate surface area is 173 Å². The van der Waals surface area contributed by atoms with Gasteiger partial charge in [0.1, 0.15) is 11.6 Å². The van der Waals surface area contributed by atoms with Crippen molar-refractivity contribution < 1.29 is 36.7 Å². The second kappa shape index (κ2) is 7.25. The Morgan fingerprint density at radius 1 is 1.06 bits per heavy atom. The standard InChI is InChI=1S/C20H15F4N3O4/c21-13-4-2-12(3-5-13)19(17(29)25-18(30)26-19)9-27-8-11-1-6-14(7-15(11)16(27)28)31-10-20(22,23)24/h1-7H,8-10H2,(H2,25,26,29,30)/t19-/m0/s1. The average molecular weight is 437 g/mol. The van der Waals surface area contributed by atoms with Crippen LogP contribution in [0, 0.1) is 5.82 Å². The van der Waals surface area contributed by atoms with E-state index in [-0.39, 0.29) is 30.0 Å². The molecule has 1 saturated heterocycles. The molecule has 2 aliphatic rings. The van der Waals surface area contributed by atoms with E-state index in [9.17, 15) is 31.9 Å². The number of benzene rings is 2. The van der Waals surface area contributed by atoms with E-state index in [1.165, 1.54) is 35.2 Å². The molecule has 2 aromatic carbocycles. The van der Waals surface area contributed by atoms with Crippen molar-refractivity contribution in [3.8, 4) is 5.75 Å². The number of imide groups is 1. The molecule has 1 atom stereocenters. The van der Waals surface area contributed by atoms with Crippen molar-refractivity contribution in [3.05, 3.63) is 65.0 Å². The van der Waals surface area contributed by atoms with Crippen LogP contribution < -0.4 is 15.4 Å².